The van der Waals surface area contributed by atoms with Crippen LogP contribution in [0.15, 0.2) is 11.6 Å². The van der Waals surface area contributed by atoms with E-state index in [0.717, 1.165) is 77.5 Å². The van der Waals surface area contributed by atoms with Crippen molar-refractivity contribution in [2.45, 2.75) is 108 Å². The second-order valence-corrected chi connectivity index (χ2v) is 12.1. The Morgan fingerprint density at radius 2 is 1.77 bits per heavy atom. The van der Waals surface area contributed by atoms with Crippen LogP contribution in [-0.2, 0) is 14.2 Å². The van der Waals surface area contributed by atoms with Crippen LogP contribution < -0.4 is 0 Å². The number of epoxide rings is 2. The Labute approximate surface area is 208 Å². The van der Waals surface area contributed by atoms with Crippen LogP contribution in [0.4, 0.5) is 13.6 Å². The van der Waals surface area contributed by atoms with Crippen molar-refractivity contribution in [1.29, 1.82) is 0 Å². The molecule has 4 aliphatic heterocycles. The number of carbonyl (C=O) groups excluding carboxylic acids is 1. The summed E-state index contributed by atoms with van der Waals surface area (Å²) < 4.78 is 43.2. The van der Waals surface area contributed by atoms with Crippen LogP contribution in [0.5, 0.6) is 0 Å². The van der Waals surface area contributed by atoms with Gasteiger partial charge in [0.1, 0.15) is 17.8 Å². The van der Waals surface area contributed by atoms with E-state index in [9.17, 15) is 13.6 Å². The quantitative estimate of drug-likeness (QED) is 0.349. The van der Waals surface area contributed by atoms with Gasteiger partial charge in [-0.25, -0.2) is 13.6 Å². The Morgan fingerprint density at radius 3 is 2.40 bits per heavy atom. The minimum absolute atomic E-state index is 0.0226. The number of ether oxygens (including phenoxy) is 3. The van der Waals surface area contributed by atoms with Gasteiger partial charge in [0, 0.05) is 13.1 Å². The number of likely N-dealkylation sites (tertiary alicyclic amines) is 2. The van der Waals surface area contributed by atoms with Gasteiger partial charge in [-0.1, -0.05) is 11.6 Å². The summed E-state index contributed by atoms with van der Waals surface area (Å²) in [6.45, 7) is 9.36. The molecule has 6 nitrogen and oxygen atoms in total. The smallest absolute Gasteiger partial charge is 0.410 e. The van der Waals surface area contributed by atoms with E-state index >= 15 is 0 Å². The molecule has 0 aromatic carbocycles. The summed E-state index contributed by atoms with van der Waals surface area (Å²) in [4.78, 5) is 16.3. The maximum atomic E-state index is 12.6. The molecule has 0 N–H and O–H groups in total. The average Bonchev–Trinajstić information content (AvgIpc) is 3.67. The van der Waals surface area contributed by atoms with E-state index in [1.807, 2.05) is 9.80 Å². The molecule has 5 fully saturated rings. The number of halogens is 2. The third kappa shape index (κ3) is 5.69. The highest BCUT2D eigenvalue weighted by atomic mass is 19.3. The van der Waals surface area contributed by atoms with Gasteiger partial charge in [0.15, 0.2) is 0 Å². The summed E-state index contributed by atoms with van der Waals surface area (Å²) in [7, 11) is 0. The molecule has 5 aliphatic rings. The first-order valence-electron chi connectivity index (χ1n) is 13.6. The number of rotatable bonds is 8. The van der Waals surface area contributed by atoms with Gasteiger partial charge in [0.05, 0.1) is 18.2 Å². The Kier molecular flexibility index (Phi) is 7.18. The molecule has 1 spiro atoms. The maximum Gasteiger partial charge on any atom is 0.410 e. The molecule has 8 heteroatoms. The fourth-order valence-corrected chi connectivity index (χ4v) is 6.70. The van der Waals surface area contributed by atoms with Gasteiger partial charge in [-0.15, -0.1) is 0 Å². The van der Waals surface area contributed by atoms with Crippen molar-refractivity contribution >= 4 is 6.09 Å². The van der Waals surface area contributed by atoms with Crippen LogP contribution in [-0.4, -0.2) is 84.6 Å². The molecular weight excluding hydrogens is 454 g/mol. The number of carbonyl (C=O) groups is 1. The van der Waals surface area contributed by atoms with Gasteiger partial charge >= 0.3 is 6.09 Å². The number of piperidine rings is 1. The standard InChI is InChI=1S/C27H42F2N2O4/c1-18(2)4-5-22-26(3,34-22)24-27(35-24)10-6-21(7-11-27)33-25(32)31-15-20(16-31)14-19-8-12-30(13-9-19)17-23(28)29/h4,19-24H,5-17H2,1-3H3/t21?,22-,24?,26-,27?/m1/s1. The topological polar surface area (TPSA) is 57.8 Å². The molecule has 35 heavy (non-hydrogen) atoms. The number of amides is 1. The number of hydrogen-bond donors (Lipinski definition) is 0. The molecule has 1 unspecified atom stereocenters. The molecule has 0 bridgehead atoms. The molecule has 198 valence electrons. The second-order valence-electron chi connectivity index (χ2n) is 12.1. The number of alkyl halides is 2. The third-order valence-corrected chi connectivity index (χ3v) is 9.04. The molecule has 0 aromatic rings. The lowest BCUT2D eigenvalue weighted by molar-refractivity contribution is 0.00111. The molecule has 1 saturated carbocycles. The van der Waals surface area contributed by atoms with E-state index in [1.54, 1.807) is 0 Å². The predicted octanol–water partition coefficient (Wildman–Crippen LogP) is 5.02. The number of allylic oxidation sites excluding steroid dienone is 1. The third-order valence-electron chi connectivity index (χ3n) is 9.04. The zero-order valence-electron chi connectivity index (χ0n) is 21.5. The monoisotopic (exact) mass is 496 g/mol. The van der Waals surface area contributed by atoms with Crippen molar-refractivity contribution in [3.8, 4) is 0 Å². The Hall–Kier alpha value is -1.25. The van der Waals surface area contributed by atoms with Crippen LogP contribution >= 0.6 is 0 Å². The van der Waals surface area contributed by atoms with Crippen LogP contribution in [0.25, 0.3) is 0 Å². The van der Waals surface area contributed by atoms with E-state index < -0.39 is 6.43 Å². The molecule has 1 aliphatic carbocycles. The zero-order chi connectivity index (χ0) is 24.8. The molecule has 4 heterocycles. The van der Waals surface area contributed by atoms with E-state index in [2.05, 4.69) is 26.8 Å². The van der Waals surface area contributed by atoms with Crippen molar-refractivity contribution in [2.75, 3.05) is 32.7 Å². The van der Waals surface area contributed by atoms with E-state index in [0.29, 0.717) is 11.8 Å². The van der Waals surface area contributed by atoms with Crippen LogP contribution in [0.2, 0.25) is 0 Å². The molecular formula is C27H42F2N2O4. The van der Waals surface area contributed by atoms with Crippen molar-refractivity contribution in [3.63, 3.8) is 0 Å². The van der Waals surface area contributed by atoms with Gasteiger partial charge in [-0.05, 0) is 97.1 Å². The number of nitrogens with zero attached hydrogens (tertiary/aromatic N) is 2. The average molecular weight is 497 g/mol. The van der Waals surface area contributed by atoms with Crippen LogP contribution in [0.3, 0.4) is 0 Å². The Morgan fingerprint density at radius 1 is 1.09 bits per heavy atom. The summed E-state index contributed by atoms with van der Waals surface area (Å²) in [6, 6.07) is 0. The minimum atomic E-state index is -2.24. The summed E-state index contributed by atoms with van der Waals surface area (Å²) in [5.41, 5.74) is 1.07. The highest BCUT2D eigenvalue weighted by molar-refractivity contribution is 5.68. The molecule has 0 radical (unpaired) electrons. The SMILES string of the molecule is CC(C)=CC[C@H]1O[C@@]1(C)C1OC12CCC(OC(=O)N1CC(CC3CCN(CC(F)F)CC3)C1)CC2. The summed E-state index contributed by atoms with van der Waals surface area (Å²) in [6.07, 6.45) is 7.78. The van der Waals surface area contributed by atoms with E-state index in [4.69, 9.17) is 14.2 Å². The summed E-state index contributed by atoms with van der Waals surface area (Å²) in [5, 5.41) is 0. The second kappa shape index (κ2) is 9.90. The fraction of sp³-hybridized carbons (Fsp3) is 0.889. The molecule has 4 saturated heterocycles. The number of hydrogen-bond acceptors (Lipinski definition) is 5. The molecule has 1 amide bonds. The van der Waals surface area contributed by atoms with Gasteiger partial charge < -0.3 is 19.1 Å². The van der Waals surface area contributed by atoms with Crippen molar-refractivity contribution in [1.82, 2.24) is 9.80 Å². The fourth-order valence-electron chi connectivity index (χ4n) is 6.70. The zero-order valence-corrected chi connectivity index (χ0v) is 21.5. The van der Waals surface area contributed by atoms with E-state index in [-0.39, 0.29) is 42.2 Å². The van der Waals surface area contributed by atoms with Gasteiger partial charge in [-0.2, -0.15) is 0 Å². The first-order chi connectivity index (χ1) is 16.7. The van der Waals surface area contributed by atoms with Crippen molar-refractivity contribution < 1.29 is 27.8 Å². The lowest BCUT2D eigenvalue weighted by Gasteiger charge is -2.42. The lowest BCUT2D eigenvalue weighted by atomic mass is 9.80. The largest absolute Gasteiger partial charge is 0.446 e. The molecule has 3 atom stereocenters. The van der Waals surface area contributed by atoms with Crippen LogP contribution in [0, 0.1) is 11.8 Å². The summed E-state index contributed by atoms with van der Waals surface area (Å²) in [5.74, 6) is 1.11. The molecule has 5 rings (SSSR count). The predicted molar refractivity (Wildman–Crippen MR) is 129 cm³/mol. The highest BCUT2D eigenvalue weighted by Crippen LogP contribution is 2.60. The van der Waals surface area contributed by atoms with E-state index in [1.165, 1.54) is 5.57 Å². The molecule has 0 aromatic heterocycles. The van der Waals surface area contributed by atoms with Crippen LogP contribution in [0.1, 0.15) is 72.1 Å². The normalized spacial score (nSPS) is 37.9. The van der Waals surface area contributed by atoms with Crippen molar-refractivity contribution in [2.24, 2.45) is 11.8 Å². The summed E-state index contributed by atoms with van der Waals surface area (Å²) >= 11 is 0. The van der Waals surface area contributed by atoms with Gasteiger partial charge in [0.25, 0.3) is 6.43 Å². The first kappa shape index (κ1) is 25.4. The Bertz CT molecular complexity index is 797. The van der Waals surface area contributed by atoms with Gasteiger partial charge in [-0.3, -0.25) is 4.90 Å². The van der Waals surface area contributed by atoms with Crippen molar-refractivity contribution in [3.05, 3.63) is 11.6 Å². The first-order valence-corrected chi connectivity index (χ1v) is 13.6. The van der Waals surface area contributed by atoms with Gasteiger partial charge in [0.2, 0.25) is 0 Å². The maximum absolute atomic E-state index is 12.6. The highest BCUT2D eigenvalue weighted by Gasteiger charge is 2.73. The lowest BCUT2D eigenvalue weighted by Crippen LogP contribution is -2.52. The minimum Gasteiger partial charge on any atom is -0.446 e. The Balaban J connectivity index is 0.968.